The number of nitrogens with one attached hydrogen (secondary N) is 4. The lowest BCUT2D eigenvalue weighted by atomic mass is 10.2. The molecule has 0 saturated carbocycles. The summed E-state index contributed by atoms with van der Waals surface area (Å²) in [5, 5.41) is 11.3. The molecule has 0 radical (unpaired) electrons. The molecule has 2 aromatic rings. The predicted octanol–water partition coefficient (Wildman–Crippen LogP) is 3.57. The van der Waals surface area contributed by atoms with Gasteiger partial charge in [-0.15, -0.1) is 0 Å². The summed E-state index contributed by atoms with van der Waals surface area (Å²) in [6, 6.07) is 11.3. The highest BCUT2D eigenvalue weighted by Gasteiger charge is 2.12. The van der Waals surface area contributed by atoms with E-state index in [9.17, 15) is 14.4 Å². The SMILES string of the molecule is CC(C)NC(=O)Nc1ccc(CNC(=O)CNC(=O)c2ccc(Cl)cc2Cl)cc1. The van der Waals surface area contributed by atoms with Gasteiger partial charge in [-0.05, 0) is 49.7 Å². The summed E-state index contributed by atoms with van der Waals surface area (Å²) in [6.45, 7) is 3.84. The number of hydrogen-bond acceptors (Lipinski definition) is 3. The number of halogens is 2. The molecule has 2 rings (SSSR count). The minimum absolute atomic E-state index is 0.0423. The fourth-order valence-corrected chi connectivity index (χ4v) is 2.82. The smallest absolute Gasteiger partial charge is 0.319 e. The van der Waals surface area contributed by atoms with E-state index in [0.717, 1.165) is 5.56 Å². The van der Waals surface area contributed by atoms with Crippen LogP contribution in [0.15, 0.2) is 42.5 Å². The highest BCUT2D eigenvalue weighted by atomic mass is 35.5. The Labute approximate surface area is 179 Å². The molecule has 0 unspecified atom stereocenters. The van der Waals surface area contributed by atoms with E-state index in [1.165, 1.54) is 12.1 Å². The summed E-state index contributed by atoms with van der Waals surface area (Å²) in [4.78, 5) is 35.7. The molecule has 0 atom stereocenters. The summed E-state index contributed by atoms with van der Waals surface area (Å²) in [6.07, 6.45) is 0. The van der Waals surface area contributed by atoms with Gasteiger partial charge in [0, 0.05) is 23.3 Å². The van der Waals surface area contributed by atoms with Gasteiger partial charge in [-0.1, -0.05) is 35.3 Å². The Balaban J connectivity index is 1.77. The molecular weight excluding hydrogens is 415 g/mol. The molecule has 0 fully saturated rings. The van der Waals surface area contributed by atoms with Crippen molar-refractivity contribution in [1.82, 2.24) is 16.0 Å². The molecule has 0 aliphatic carbocycles. The second-order valence-corrected chi connectivity index (χ2v) is 7.38. The third-order valence-corrected chi connectivity index (χ3v) is 4.25. The van der Waals surface area contributed by atoms with Crippen LogP contribution in [0.25, 0.3) is 0 Å². The summed E-state index contributed by atoms with van der Waals surface area (Å²) in [7, 11) is 0. The molecule has 0 aliphatic rings. The van der Waals surface area contributed by atoms with E-state index in [1.54, 1.807) is 30.3 Å². The number of rotatable bonds is 7. The molecule has 2 aromatic carbocycles. The van der Waals surface area contributed by atoms with Crippen molar-refractivity contribution in [2.75, 3.05) is 11.9 Å². The second-order valence-electron chi connectivity index (χ2n) is 6.53. The highest BCUT2D eigenvalue weighted by Crippen LogP contribution is 2.20. The van der Waals surface area contributed by atoms with Gasteiger partial charge in [-0.2, -0.15) is 0 Å². The van der Waals surface area contributed by atoms with E-state index in [0.29, 0.717) is 10.7 Å². The molecule has 0 spiro atoms. The van der Waals surface area contributed by atoms with Crippen LogP contribution < -0.4 is 21.3 Å². The van der Waals surface area contributed by atoms with E-state index in [1.807, 2.05) is 13.8 Å². The third kappa shape index (κ3) is 7.63. The molecule has 0 bridgehead atoms. The van der Waals surface area contributed by atoms with Gasteiger partial charge in [0.25, 0.3) is 5.91 Å². The zero-order valence-electron chi connectivity index (χ0n) is 16.0. The minimum Gasteiger partial charge on any atom is -0.350 e. The number of amides is 4. The van der Waals surface area contributed by atoms with Crippen molar-refractivity contribution in [3.63, 3.8) is 0 Å². The maximum Gasteiger partial charge on any atom is 0.319 e. The van der Waals surface area contributed by atoms with Crippen LogP contribution in [0.1, 0.15) is 29.8 Å². The zero-order chi connectivity index (χ0) is 21.4. The molecule has 0 aliphatic heterocycles. The Hall–Kier alpha value is -2.77. The van der Waals surface area contributed by atoms with Gasteiger partial charge in [-0.25, -0.2) is 4.79 Å². The first-order chi connectivity index (χ1) is 13.7. The van der Waals surface area contributed by atoms with Crippen molar-refractivity contribution >= 4 is 46.7 Å². The van der Waals surface area contributed by atoms with Gasteiger partial charge in [0.05, 0.1) is 17.1 Å². The fourth-order valence-electron chi connectivity index (χ4n) is 2.33. The van der Waals surface area contributed by atoms with Crippen LogP contribution >= 0.6 is 23.2 Å². The number of hydrogen-bond donors (Lipinski definition) is 4. The van der Waals surface area contributed by atoms with Crippen LogP contribution in [0.5, 0.6) is 0 Å². The summed E-state index contributed by atoms with van der Waals surface area (Å²) < 4.78 is 0. The first kappa shape index (κ1) is 22.5. The van der Waals surface area contributed by atoms with E-state index in [4.69, 9.17) is 23.2 Å². The standard InChI is InChI=1S/C20H22Cl2N4O3/c1-12(2)25-20(29)26-15-6-3-13(4-7-15)10-23-18(27)11-24-19(28)16-8-5-14(21)9-17(16)22/h3-9,12H,10-11H2,1-2H3,(H,23,27)(H,24,28)(H2,25,26,29). The van der Waals surface area contributed by atoms with Gasteiger partial charge < -0.3 is 21.3 Å². The zero-order valence-corrected chi connectivity index (χ0v) is 17.5. The number of urea groups is 1. The Bertz CT molecular complexity index is 886. The van der Waals surface area contributed by atoms with Crippen LogP contribution in [0, 0.1) is 0 Å². The molecule has 4 N–H and O–H groups in total. The predicted molar refractivity (Wildman–Crippen MR) is 114 cm³/mol. The largest absolute Gasteiger partial charge is 0.350 e. The average molecular weight is 437 g/mol. The first-order valence-corrected chi connectivity index (χ1v) is 9.66. The average Bonchev–Trinajstić information content (AvgIpc) is 2.65. The second kappa shape index (κ2) is 10.7. The van der Waals surface area contributed by atoms with Crippen molar-refractivity contribution in [2.45, 2.75) is 26.4 Å². The van der Waals surface area contributed by atoms with Gasteiger partial charge in [0.2, 0.25) is 5.91 Å². The molecule has 0 heterocycles. The maximum absolute atomic E-state index is 12.1. The molecule has 7 nitrogen and oxygen atoms in total. The Morgan fingerprint density at radius 3 is 2.28 bits per heavy atom. The van der Waals surface area contributed by atoms with Gasteiger partial charge in [0.15, 0.2) is 0 Å². The number of benzene rings is 2. The van der Waals surface area contributed by atoms with Crippen molar-refractivity contribution in [1.29, 1.82) is 0 Å². The van der Waals surface area contributed by atoms with Gasteiger partial charge >= 0.3 is 6.03 Å². The van der Waals surface area contributed by atoms with E-state index in [2.05, 4.69) is 21.3 Å². The lowest BCUT2D eigenvalue weighted by Crippen LogP contribution is -2.36. The fraction of sp³-hybridized carbons (Fsp3) is 0.250. The third-order valence-electron chi connectivity index (χ3n) is 3.71. The number of anilines is 1. The molecule has 9 heteroatoms. The first-order valence-electron chi connectivity index (χ1n) is 8.91. The van der Waals surface area contributed by atoms with Gasteiger partial charge in [0.1, 0.15) is 0 Å². The molecular formula is C20H22Cl2N4O3. The lowest BCUT2D eigenvalue weighted by molar-refractivity contribution is -0.120. The molecule has 0 saturated heterocycles. The highest BCUT2D eigenvalue weighted by molar-refractivity contribution is 6.36. The number of carbonyl (C=O) groups is 3. The van der Waals surface area contributed by atoms with E-state index in [-0.39, 0.29) is 41.7 Å². The normalized spacial score (nSPS) is 10.4. The van der Waals surface area contributed by atoms with Crippen molar-refractivity contribution < 1.29 is 14.4 Å². The van der Waals surface area contributed by atoms with Crippen molar-refractivity contribution in [3.8, 4) is 0 Å². The number of carbonyl (C=O) groups excluding carboxylic acids is 3. The minimum atomic E-state index is -0.461. The quantitative estimate of drug-likeness (QED) is 0.533. The summed E-state index contributed by atoms with van der Waals surface area (Å²) >= 11 is 11.8. The Morgan fingerprint density at radius 2 is 1.66 bits per heavy atom. The molecule has 154 valence electrons. The van der Waals surface area contributed by atoms with E-state index < -0.39 is 5.91 Å². The van der Waals surface area contributed by atoms with Crippen molar-refractivity contribution in [2.24, 2.45) is 0 Å². The summed E-state index contributed by atoms with van der Waals surface area (Å²) in [5.41, 5.74) is 1.74. The van der Waals surface area contributed by atoms with Crippen LogP contribution in [0.2, 0.25) is 10.0 Å². The molecule has 4 amide bonds. The van der Waals surface area contributed by atoms with Crippen LogP contribution in [-0.2, 0) is 11.3 Å². The van der Waals surface area contributed by atoms with Gasteiger partial charge in [-0.3, -0.25) is 9.59 Å². The molecule has 29 heavy (non-hydrogen) atoms. The van der Waals surface area contributed by atoms with Crippen LogP contribution in [0.4, 0.5) is 10.5 Å². The molecule has 0 aromatic heterocycles. The maximum atomic E-state index is 12.1. The Morgan fingerprint density at radius 1 is 0.966 bits per heavy atom. The summed E-state index contributed by atoms with van der Waals surface area (Å²) in [5.74, 6) is -0.807. The van der Waals surface area contributed by atoms with Crippen LogP contribution in [0.3, 0.4) is 0 Å². The topological polar surface area (TPSA) is 99.3 Å². The lowest BCUT2D eigenvalue weighted by Gasteiger charge is -2.11. The Kier molecular flexibility index (Phi) is 8.30. The van der Waals surface area contributed by atoms with Crippen LogP contribution in [-0.4, -0.2) is 30.4 Å². The van der Waals surface area contributed by atoms with E-state index >= 15 is 0 Å². The monoisotopic (exact) mass is 436 g/mol. The van der Waals surface area contributed by atoms with Crippen molar-refractivity contribution in [3.05, 3.63) is 63.6 Å².